The molecular weight excluding hydrogens is 529 g/mol. The largest absolute Gasteiger partial charge is 1.00 e. The molecule has 0 aromatic heterocycles. The fraction of sp³-hybridized carbons (Fsp3) is 0.800. The second kappa shape index (κ2) is 22.9. The molecule has 0 unspecified atom stereocenters. The van der Waals surface area contributed by atoms with Crippen LogP contribution in [0.3, 0.4) is 0 Å². The van der Waals surface area contributed by atoms with Gasteiger partial charge in [-0.1, -0.05) is 0 Å². The van der Waals surface area contributed by atoms with Crippen LogP contribution in [-0.4, -0.2) is 41.0 Å². The average molecular weight is 538 g/mol. The van der Waals surface area contributed by atoms with Gasteiger partial charge in [0.1, 0.15) is 12.2 Å². The first kappa shape index (κ1) is 47.9. The predicted molar refractivity (Wildman–Crippen MR) is 54.9 cm³/mol. The smallest absolute Gasteiger partial charge is 0.790 e. The molecule has 0 amide bonds. The molecule has 138 valence electrons. The molecule has 15 nitrogen and oxygen atoms in total. The summed E-state index contributed by atoms with van der Waals surface area (Å²) in [5.41, 5.74) is 0. The molecule has 0 rings (SSSR count). The molecule has 0 spiro atoms. The van der Waals surface area contributed by atoms with Crippen molar-refractivity contribution in [3.05, 3.63) is 0 Å². The first-order valence-electron chi connectivity index (χ1n) is 5.47. The Morgan fingerprint density at radius 1 is 0.828 bits per heavy atom. The summed E-state index contributed by atoms with van der Waals surface area (Å²) < 4.78 is 49.2. The zero-order valence-electron chi connectivity index (χ0n) is 17.5. The fourth-order valence-corrected chi connectivity index (χ4v) is 2.78. The fourth-order valence-electron chi connectivity index (χ4n) is 1.22. The zero-order valence-corrected chi connectivity index (χ0v) is 31.2. The van der Waals surface area contributed by atoms with Crippen molar-refractivity contribution in [3.63, 3.8) is 0 Å². The van der Waals surface area contributed by atoms with E-state index in [0.717, 1.165) is 0 Å². The molecule has 0 saturated heterocycles. The maximum Gasteiger partial charge on any atom is 1.00 e. The van der Waals surface area contributed by atoms with Crippen LogP contribution in [0.25, 0.3) is 0 Å². The van der Waals surface area contributed by atoms with Crippen molar-refractivity contribution in [2.75, 3.05) is 6.61 Å². The van der Waals surface area contributed by atoms with Crippen molar-refractivity contribution < 1.29 is 246 Å². The normalized spacial score (nSPS) is 15.1. The molecule has 0 bridgehead atoms. The van der Waals surface area contributed by atoms with E-state index in [1.165, 1.54) is 0 Å². The molecule has 0 saturated carbocycles. The van der Waals surface area contributed by atoms with Gasteiger partial charge >= 0.3 is 177 Å². The van der Waals surface area contributed by atoms with Gasteiger partial charge in [0, 0.05) is 0 Å². The number of phosphoric acid groups is 3. The van der Waals surface area contributed by atoms with E-state index in [4.69, 9.17) is 6.52 Å². The van der Waals surface area contributed by atoms with Gasteiger partial charge in [-0.25, -0.2) is 0 Å². The Morgan fingerprint density at radius 2 is 1.17 bits per heavy atom. The zero-order chi connectivity index (χ0) is 19.3. The van der Waals surface area contributed by atoms with Crippen LogP contribution in [0.15, 0.2) is 0 Å². The van der Waals surface area contributed by atoms with Crippen LogP contribution in [0, 0.1) is 5.40 Å². The minimum atomic E-state index is -6.11. The van der Waals surface area contributed by atoms with Crippen LogP contribution in [0.1, 0.15) is 0 Å². The quantitative estimate of drug-likeness (QED) is 0.101. The molecule has 0 heterocycles. The number of phosphoric ester groups is 3. The van der Waals surface area contributed by atoms with Gasteiger partial charge in [0.05, 0.1) is 30.1 Å². The van der Waals surface area contributed by atoms with Gasteiger partial charge in [-0.15, -0.1) is 0 Å². The van der Waals surface area contributed by atoms with Crippen LogP contribution in [0.2, 0.25) is 1.41 Å². The molecular formula is C5H8NNa6O14P3. The van der Waals surface area contributed by atoms with Crippen molar-refractivity contribution in [1.29, 1.82) is 5.40 Å². The Bertz CT molecular complexity index is 599. The summed E-state index contributed by atoms with van der Waals surface area (Å²) in [4.78, 5) is 63.5. The van der Waals surface area contributed by atoms with Crippen molar-refractivity contribution in [2.45, 2.75) is 18.3 Å². The van der Waals surface area contributed by atoms with E-state index >= 15 is 0 Å². The van der Waals surface area contributed by atoms with Gasteiger partial charge in [-0.2, -0.15) is 0 Å². The Kier molecular flexibility index (Phi) is 37.9. The molecule has 0 aromatic carbocycles. The summed E-state index contributed by atoms with van der Waals surface area (Å²) in [6.45, 7) is -1.59. The number of rotatable bonds is 10. The number of aliphatic hydroxyl groups excluding tert-OH is 2. The number of hydrogen-bond acceptors (Lipinski definition) is 14. The van der Waals surface area contributed by atoms with Gasteiger partial charge in [0.25, 0.3) is 0 Å². The Labute approximate surface area is 299 Å². The van der Waals surface area contributed by atoms with E-state index in [0.29, 0.717) is 0 Å². The molecule has 3 N–H and O–H groups in total. The van der Waals surface area contributed by atoms with Crippen molar-refractivity contribution in [1.82, 2.24) is 0 Å². The molecule has 0 aliphatic carbocycles. The van der Waals surface area contributed by atoms with Gasteiger partial charge in [-0.3, -0.25) is 5.40 Å². The SMILES string of the molecule is [2H]N=C(O)[C@@H](OP(=O)([O-])[O-])[C@@H](OP(=O)([O-])[O-])[C@@H](CO)OP(=O)([O-])[O-].[Na+].[Na+].[Na+].[Na+].[Na+].[Na+]. The maximum atomic E-state index is 10.6. The molecule has 0 aromatic rings. The van der Waals surface area contributed by atoms with E-state index in [-0.39, 0.29) is 177 Å². The number of aliphatic hydroxyl groups is 2. The first-order chi connectivity index (χ1) is 10.6. The van der Waals surface area contributed by atoms with E-state index in [2.05, 4.69) is 19.0 Å². The standard InChI is InChI=1S/C5H14NO14P3.6Na/c6-5(8)4(20-23(15,16)17)3(19-22(12,13)14)2(1-7)18-21(9,10)11;;;;;;/h2-4,7H,1H2,(H2,6,8)(H2,9,10,11)(H2,12,13,14)(H2,15,16,17);;;;;;/q;6*+1/p-6/t2-,3+,4+;;;;;;/m1....../s1/i/hD. The number of hydrogen-bond donors (Lipinski definition) is 3. The van der Waals surface area contributed by atoms with Crippen LogP contribution in [0.5, 0.6) is 0 Å². The minimum absolute atomic E-state index is 0. The van der Waals surface area contributed by atoms with Crippen LogP contribution in [-0.2, 0) is 27.3 Å². The summed E-state index contributed by atoms with van der Waals surface area (Å²) in [5, 5.41) is 20.3. The molecule has 0 fully saturated rings. The second-order valence-electron chi connectivity index (χ2n) is 3.62. The summed E-state index contributed by atoms with van der Waals surface area (Å²) in [5.74, 6) is -1.78. The topological polar surface area (TPSA) is 282 Å². The summed E-state index contributed by atoms with van der Waals surface area (Å²) in [6.07, 6.45) is -8.40. The maximum absolute atomic E-state index is 10.6. The van der Waals surface area contributed by atoms with Gasteiger partial charge in [0.2, 0.25) is 5.90 Å². The van der Waals surface area contributed by atoms with Gasteiger partial charge in [0.15, 0.2) is 7.52 Å². The van der Waals surface area contributed by atoms with Crippen molar-refractivity contribution in [2.24, 2.45) is 0 Å². The monoisotopic (exact) mass is 538 g/mol. The molecule has 24 heteroatoms. The van der Waals surface area contributed by atoms with Crippen LogP contribution < -0.4 is 207 Å². The third-order valence-corrected chi connectivity index (χ3v) is 3.37. The van der Waals surface area contributed by atoms with E-state index in [1.54, 1.807) is 0 Å². The molecule has 0 aliphatic rings. The van der Waals surface area contributed by atoms with Crippen molar-refractivity contribution in [3.8, 4) is 0 Å². The molecule has 0 radical (unpaired) electrons. The van der Waals surface area contributed by atoms with Crippen LogP contribution >= 0.6 is 23.5 Å². The predicted octanol–water partition coefficient (Wildman–Crippen LogP) is -23.8. The molecule has 0 aliphatic heterocycles. The Balaban J connectivity index is -0.000000176. The Hall–Kier alpha value is 5.76. The van der Waals surface area contributed by atoms with E-state index < -0.39 is 54.3 Å². The Morgan fingerprint density at radius 3 is 1.41 bits per heavy atom. The van der Waals surface area contributed by atoms with E-state index in [1.807, 2.05) is 0 Å². The third-order valence-electron chi connectivity index (χ3n) is 1.86. The van der Waals surface area contributed by atoms with Crippen LogP contribution in [0.4, 0.5) is 0 Å². The van der Waals surface area contributed by atoms with Gasteiger partial charge in [-0.05, 0) is 0 Å². The molecule has 3 atom stereocenters. The molecule has 29 heavy (non-hydrogen) atoms. The van der Waals surface area contributed by atoms with Gasteiger partial charge < -0.3 is 66.8 Å². The van der Waals surface area contributed by atoms with E-state index in [9.17, 15) is 48.2 Å². The third kappa shape index (κ3) is 28.2. The second-order valence-corrected chi connectivity index (χ2v) is 6.94. The average Bonchev–Trinajstić information content (AvgIpc) is 2.36. The minimum Gasteiger partial charge on any atom is -0.790 e. The summed E-state index contributed by atoms with van der Waals surface area (Å²) in [7, 11) is -18.2. The van der Waals surface area contributed by atoms with Crippen molar-refractivity contribution >= 4 is 29.4 Å². The first-order valence-corrected chi connectivity index (χ1v) is 9.41. The summed E-state index contributed by atoms with van der Waals surface area (Å²) >= 11 is 0. The number of nitrogens with one attached hydrogen (secondary N) is 1. The summed E-state index contributed by atoms with van der Waals surface area (Å²) in [6, 6.07) is 0.